The van der Waals surface area contributed by atoms with E-state index in [0.717, 1.165) is 4.90 Å². The number of rotatable bonds is 1. The van der Waals surface area contributed by atoms with Crippen molar-refractivity contribution in [3.05, 3.63) is 29.6 Å². The maximum Gasteiger partial charge on any atom is 0.328 e. The average Bonchev–Trinajstić information content (AvgIpc) is 2.19. The summed E-state index contributed by atoms with van der Waals surface area (Å²) in [6, 6.07) is 0.0233. The van der Waals surface area contributed by atoms with E-state index in [1.165, 1.54) is 0 Å². The van der Waals surface area contributed by atoms with Crippen LogP contribution in [0.25, 0.3) is 0 Å². The Labute approximate surface area is 94.0 Å². The van der Waals surface area contributed by atoms with Crippen molar-refractivity contribution in [2.45, 2.75) is 6.42 Å². The predicted octanol–water partition coefficient (Wildman–Crippen LogP) is 1.55. The number of nitrogens with zero attached hydrogens (tertiary/aromatic N) is 1. The van der Waals surface area contributed by atoms with Crippen LogP contribution in [0.15, 0.2) is 12.1 Å². The summed E-state index contributed by atoms with van der Waals surface area (Å²) in [5, 5.41) is 1.92. The van der Waals surface area contributed by atoms with Gasteiger partial charge in [-0.25, -0.2) is 18.0 Å². The Kier molecular flexibility index (Phi) is 2.74. The van der Waals surface area contributed by atoms with Crippen LogP contribution >= 0.6 is 0 Å². The Morgan fingerprint density at radius 3 is 2.24 bits per heavy atom. The molecule has 1 aromatic carbocycles. The quantitative estimate of drug-likeness (QED) is 0.814. The third-order valence-corrected chi connectivity index (χ3v) is 2.31. The Bertz CT molecular complexity index is 481. The fourth-order valence-corrected chi connectivity index (χ4v) is 1.57. The second-order valence-electron chi connectivity index (χ2n) is 3.47. The molecule has 1 saturated heterocycles. The molecule has 1 heterocycles. The highest BCUT2D eigenvalue weighted by molar-refractivity contribution is 6.05. The highest BCUT2D eigenvalue weighted by atomic mass is 19.1. The van der Waals surface area contributed by atoms with Gasteiger partial charge in [-0.2, -0.15) is 0 Å². The van der Waals surface area contributed by atoms with Crippen molar-refractivity contribution >= 4 is 17.6 Å². The molecular weight excluding hydrogens is 237 g/mol. The molecule has 0 aliphatic carbocycles. The standard InChI is InChI=1S/C10H7F3N2O2/c11-5-3-6(12)9(7(13)4-5)15-2-1-8(16)14-10(15)17/h3-4H,1-2H2,(H,14,16,17). The van der Waals surface area contributed by atoms with Crippen molar-refractivity contribution in [3.63, 3.8) is 0 Å². The average molecular weight is 244 g/mol. The van der Waals surface area contributed by atoms with Gasteiger partial charge in [0.1, 0.15) is 11.5 Å². The fraction of sp³-hybridized carbons (Fsp3) is 0.200. The first kappa shape index (κ1) is 11.4. The van der Waals surface area contributed by atoms with Crippen LogP contribution < -0.4 is 10.2 Å². The summed E-state index contributed by atoms with van der Waals surface area (Å²) in [6.45, 7) is -0.149. The summed E-state index contributed by atoms with van der Waals surface area (Å²) < 4.78 is 39.4. The lowest BCUT2D eigenvalue weighted by Gasteiger charge is -2.27. The maximum atomic E-state index is 13.4. The van der Waals surface area contributed by atoms with E-state index in [1.54, 1.807) is 0 Å². The SMILES string of the molecule is O=C1CCN(c2c(F)cc(F)cc2F)C(=O)N1. The number of amides is 3. The highest BCUT2D eigenvalue weighted by Crippen LogP contribution is 2.25. The Morgan fingerprint density at radius 1 is 1.12 bits per heavy atom. The highest BCUT2D eigenvalue weighted by Gasteiger charge is 2.29. The number of carbonyl (C=O) groups excluding carboxylic acids is 2. The third kappa shape index (κ3) is 2.08. The fourth-order valence-electron chi connectivity index (χ4n) is 1.57. The number of halogens is 3. The molecular formula is C10H7F3N2O2. The van der Waals surface area contributed by atoms with Crippen LogP contribution in [0, 0.1) is 17.5 Å². The molecule has 0 atom stereocenters. The molecule has 3 amide bonds. The molecule has 0 unspecified atom stereocenters. The Hall–Kier alpha value is -2.05. The van der Waals surface area contributed by atoms with Crippen molar-refractivity contribution < 1.29 is 22.8 Å². The van der Waals surface area contributed by atoms with Crippen LogP contribution in [0.5, 0.6) is 0 Å². The molecule has 4 nitrogen and oxygen atoms in total. The van der Waals surface area contributed by atoms with Gasteiger partial charge in [-0.15, -0.1) is 0 Å². The minimum Gasteiger partial charge on any atom is -0.288 e. The van der Waals surface area contributed by atoms with E-state index in [0.29, 0.717) is 12.1 Å². The van der Waals surface area contributed by atoms with Gasteiger partial charge < -0.3 is 0 Å². The number of nitrogens with one attached hydrogen (secondary N) is 1. The topological polar surface area (TPSA) is 49.4 Å². The minimum absolute atomic E-state index is 0.0675. The zero-order chi connectivity index (χ0) is 12.6. The maximum absolute atomic E-state index is 13.4. The van der Waals surface area contributed by atoms with Gasteiger partial charge >= 0.3 is 6.03 Å². The van der Waals surface area contributed by atoms with Crippen molar-refractivity contribution in [1.82, 2.24) is 5.32 Å². The molecule has 0 spiro atoms. The van der Waals surface area contributed by atoms with E-state index < -0.39 is 35.1 Å². The van der Waals surface area contributed by atoms with Gasteiger partial charge in [0.25, 0.3) is 0 Å². The van der Waals surface area contributed by atoms with E-state index in [-0.39, 0.29) is 13.0 Å². The second kappa shape index (κ2) is 4.08. The molecule has 0 saturated carbocycles. The number of urea groups is 1. The van der Waals surface area contributed by atoms with Crippen molar-refractivity contribution in [3.8, 4) is 0 Å². The van der Waals surface area contributed by atoms with Crippen LogP contribution in [0.3, 0.4) is 0 Å². The number of imide groups is 1. The van der Waals surface area contributed by atoms with Gasteiger partial charge in [0.05, 0.1) is 0 Å². The summed E-state index contributed by atoms with van der Waals surface area (Å²) in [7, 11) is 0. The van der Waals surface area contributed by atoms with Crippen LogP contribution in [0.4, 0.5) is 23.7 Å². The normalized spacial score (nSPS) is 16.1. The molecule has 1 aliphatic heterocycles. The van der Waals surface area contributed by atoms with Gasteiger partial charge in [0.2, 0.25) is 5.91 Å². The van der Waals surface area contributed by atoms with Gasteiger partial charge in [0.15, 0.2) is 11.6 Å². The lowest BCUT2D eigenvalue weighted by Crippen LogP contribution is -2.50. The molecule has 1 aromatic rings. The number of anilines is 1. The second-order valence-corrected chi connectivity index (χ2v) is 3.47. The molecule has 90 valence electrons. The molecule has 1 fully saturated rings. The number of hydrogen-bond acceptors (Lipinski definition) is 2. The van der Waals surface area contributed by atoms with Gasteiger partial charge in [-0.1, -0.05) is 0 Å². The van der Waals surface area contributed by atoms with Crippen LogP contribution in [-0.2, 0) is 4.79 Å². The smallest absolute Gasteiger partial charge is 0.288 e. The first-order valence-corrected chi connectivity index (χ1v) is 4.75. The number of carbonyl (C=O) groups is 2. The molecule has 7 heteroatoms. The van der Waals surface area contributed by atoms with Crippen LogP contribution in [-0.4, -0.2) is 18.5 Å². The molecule has 0 radical (unpaired) electrons. The van der Waals surface area contributed by atoms with E-state index in [2.05, 4.69) is 0 Å². The number of hydrogen-bond donors (Lipinski definition) is 1. The number of benzene rings is 1. The Balaban J connectivity index is 2.40. The zero-order valence-electron chi connectivity index (χ0n) is 8.47. The first-order valence-electron chi connectivity index (χ1n) is 4.75. The van der Waals surface area contributed by atoms with Crippen LogP contribution in [0.2, 0.25) is 0 Å². The van der Waals surface area contributed by atoms with Crippen molar-refractivity contribution in [1.29, 1.82) is 0 Å². The molecule has 1 aliphatic rings. The lowest BCUT2D eigenvalue weighted by molar-refractivity contribution is -0.120. The molecule has 0 bridgehead atoms. The summed E-state index contributed by atoms with van der Waals surface area (Å²) in [5.41, 5.74) is -0.656. The van der Waals surface area contributed by atoms with E-state index in [9.17, 15) is 22.8 Å². The van der Waals surface area contributed by atoms with Gasteiger partial charge in [0, 0.05) is 25.1 Å². The Morgan fingerprint density at radius 2 is 1.71 bits per heavy atom. The monoisotopic (exact) mass is 244 g/mol. The summed E-state index contributed by atoms with van der Waals surface area (Å²) in [4.78, 5) is 23.0. The predicted molar refractivity (Wildman–Crippen MR) is 51.8 cm³/mol. The first-order chi connectivity index (χ1) is 7.99. The van der Waals surface area contributed by atoms with Crippen LogP contribution in [0.1, 0.15) is 6.42 Å². The van der Waals surface area contributed by atoms with Gasteiger partial charge in [-0.3, -0.25) is 15.0 Å². The summed E-state index contributed by atoms with van der Waals surface area (Å²) in [5.74, 6) is -3.97. The zero-order valence-corrected chi connectivity index (χ0v) is 8.47. The summed E-state index contributed by atoms with van der Waals surface area (Å²) >= 11 is 0. The molecule has 0 aromatic heterocycles. The largest absolute Gasteiger partial charge is 0.328 e. The van der Waals surface area contributed by atoms with Crippen molar-refractivity contribution in [2.24, 2.45) is 0 Å². The van der Waals surface area contributed by atoms with E-state index in [4.69, 9.17) is 0 Å². The van der Waals surface area contributed by atoms with E-state index in [1.807, 2.05) is 5.32 Å². The molecule has 17 heavy (non-hydrogen) atoms. The van der Waals surface area contributed by atoms with Crippen molar-refractivity contribution in [2.75, 3.05) is 11.4 Å². The third-order valence-electron chi connectivity index (χ3n) is 2.31. The minimum atomic E-state index is -1.19. The molecule has 2 rings (SSSR count). The summed E-state index contributed by atoms with van der Waals surface area (Å²) in [6.07, 6.45) is -0.0675. The molecule has 1 N–H and O–H groups in total. The van der Waals surface area contributed by atoms with Gasteiger partial charge in [-0.05, 0) is 0 Å². The van der Waals surface area contributed by atoms with E-state index >= 15 is 0 Å². The lowest BCUT2D eigenvalue weighted by atomic mass is 10.2.